The highest BCUT2D eigenvalue weighted by molar-refractivity contribution is 6.34. The SMILES string of the molecule is O=C(CC1CCC(CCc2cccc(F)c2)CC1)c1cc(C(F)(F)F)ccc1Cl. The van der Waals surface area contributed by atoms with E-state index in [1.54, 1.807) is 12.1 Å². The summed E-state index contributed by atoms with van der Waals surface area (Å²) in [5.74, 6) is 0.141. The highest BCUT2D eigenvalue weighted by Crippen LogP contribution is 2.36. The van der Waals surface area contributed by atoms with Crippen LogP contribution in [-0.4, -0.2) is 5.78 Å². The first-order valence-electron chi connectivity index (χ1n) is 9.87. The first-order chi connectivity index (χ1) is 13.7. The normalized spacial score (nSPS) is 19.9. The van der Waals surface area contributed by atoms with Crippen LogP contribution in [0.2, 0.25) is 5.02 Å². The van der Waals surface area contributed by atoms with Crippen molar-refractivity contribution in [3.8, 4) is 0 Å². The minimum atomic E-state index is -4.50. The summed E-state index contributed by atoms with van der Waals surface area (Å²) in [5.41, 5.74) is 0.0857. The second kappa shape index (κ2) is 9.29. The van der Waals surface area contributed by atoms with Crippen molar-refractivity contribution in [3.05, 3.63) is 70.0 Å². The molecular weight excluding hydrogens is 404 g/mol. The lowest BCUT2D eigenvalue weighted by Gasteiger charge is -2.28. The van der Waals surface area contributed by atoms with Gasteiger partial charge < -0.3 is 0 Å². The predicted octanol–water partition coefficient (Wildman–Crippen LogP) is 7.51. The molecule has 0 radical (unpaired) electrons. The number of rotatable bonds is 6. The molecule has 2 aromatic rings. The standard InChI is InChI=1S/C23H23ClF4O/c24-21-11-10-18(23(26,27)28)14-20(21)22(29)13-17-8-5-15(6-9-17)4-7-16-2-1-3-19(25)12-16/h1-3,10-12,14-15,17H,4-9,13H2. The quantitative estimate of drug-likeness (QED) is 0.345. The van der Waals surface area contributed by atoms with Crippen molar-refractivity contribution in [2.75, 3.05) is 0 Å². The van der Waals surface area contributed by atoms with Gasteiger partial charge in [0, 0.05) is 12.0 Å². The molecule has 0 atom stereocenters. The second-order valence-electron chi connectivity index (χ2n) is 7.88. The Hall–Kier alpha value is -1.88. The minimum Gasteiger partial charge on any atom is -0.294 e. The lowest BCUT2D eigenvalue weighted by Crippen LogP contribution is -2.18. The molecule has 6 heteroatoms. The van der Waals surface area contributed by atoms with E-state index in [2.05, 4.69) is 0 Å². The summed E-state index contributed by atoms with van der Waals surface area (Å²) in [4.78, 5) is 12.5. The molecule has 0 aromatic heterocycles. The maximum absolute atomic E-state index is 13.3. The molecule has 0 spiro atoms. The van der Waals surface area contributed by atoms with Gasteiger partial charge in [0.2, 0.25) is 0 Å². The van der Waals surface area contributed by atoms with Gasteiger partial charge in [-0.15, -0.1) is 0 Å². The van der Waals surface area contributed by atoms with Crippen molar-refractivity contribution in [1.29, 1.82) is 0 Å². The van der Waals surface area contributed by atoms with Crippen molar-refractivity contribution in [1.82, 2.24) is 0 Å². The summed E-state index contributed by atoms with van der Waals surface area (Å²) in [6.07, 6.45) is 1.21. The fourth-order valence-electron chi connectivity index (χ4n) is 4.07. The minimum absolute atomic E-state index is 0.0466. The summed E-state index contributed by atoms with van der Waals surface area (Å²) in [6, 6.07) is 9.52. The molecule has 0 bridgehead atoms. The third-order valence-electron chi connectivity index (χ3n) is 5.76. The molecule has 1 fully saturated rings. The van der Waals surface area contributed by atoms with Gasteiger partial charge in [0.1, 0.15) is 5.82 Å². The fraction of sp³-hybridized carbons (Fsp3) is 0.435. The molecule has 0 unspecified atom stereocenters. The third kappa shape index (κ3) is 6.05. The summed E-state index contributed by atoms with van der Waals surface area (Å²) in [6.45, 7) is 0. The first-order valence-corrected chi connectivity index (χ1v) is 10.2. The van der Waals surface area contributed by atoms with Crippen LogP contribution in [0, 0.1) is 17.7 Å². The molecule has 1 saturated carbocycles. The van der Waals surface area contributed by atoms with E-state index in [4.69, 9.17) is 11.6 Å². The van der Waals surface area contributed by atoms with Gasteiger partial charge in [-0.1, -0.05) is 36.6 Å². The number of hydrogen-bond acceptors (Lipinski definition) is 1. The van der Waals surface area contributed by atoms with Crippen LogP contribution in [0.3, 0.4) is 0 Å². The number of carbonyl (C=O) groups is 1. The lowest BCUT2D eigenvalue weighted by atomic mass is 9.77. The predicted molar refractivity (Wildman–Crippen MR) is 106 cm³/mol. The van der Waals surface area contributed by atoms with Crippen LogP contribution in [0.25, 0.3) is 0 Å². The van der Waals surface area contributed by atoms with Gasteiger partial charge in [0.15, 0.2) is 5.78 Å². The van der Waals surface area contributed by atoms with Crippen molar-refractivity contribution in [3.63, 3.8) is 0 Å². The Morgan fingerprint density at radius 2 is 1.69 bits per heavy atom. The molecular formula is C23H23ClF4O. The smallest absolute Gasteiger partial charge is 0.294 e. The van der Waals surface area contributed by atoms with Crippen molar-refractivity contribution >= 4 is 17.4 Å². The molecule has 1 aliphatic carbocycles. The number of hydrogen-bond donors (Lipinski definition) is 0. The Morgan fingerprint density at radius 1 is 1.00 bits per heavy atom. The Labute approximate surface area is 173 Å². The summed E-state index contributed by atoms with van der Waals surface area (Å²) in [5, 5.41) is 0.0618. The molecule has 1 aliphatic rings. The van der Waals surface area contributed by atoms with E-state index >= 15 is 0 Å². The highest BCUT2D eigenvalue weighted by atomic mass is 35.5. The zero-order valence-corrected chi connectivity index (χ0v) is 16.7. The van der Waals surface area contributed by atoms with Crippen LogP contribution < -0.4 is 0 Å². The maximum Gasteiger partial charge on any atom is 0.416 e. The molecule has 0 N–H and O–H groups in total. The largest absolute Gasteiger partial charge is 0.416 e. The molecule has 2 aromatic carbocycles. The van der Waals surface area contributed by atoms with Gasteiger partial charge in [0.05, 0.1) is 10.6 Å². The fourth-order valence-corrected chi connectivity index (χ4v) is 4.30. The number of benzene rings is 2. The highest BCUT2D eigenvalue weighted by Gasteiger charge is 2.32. The average Bonchev–Trinajstić information content (AvgIpc) is 2.67. The van der Waals surface area contributed by atoms with E-state index in [1.165, 1.54) is 6.07 Å². The van der Waals surface area contributed by atoms with Gasteiger partial charge in [0.25, 0.3) is 0 Å². The second-order valence-corrected chi connectivity index (χ2v) is 8.28. The Morgan fingerprint density at radius 3 is 2.34 bits per heavy atom. The number of carbonyl (C=O) groups excluding carboxylic acids is 1. The number of halogens is 5. The summed E-state index contributed by atoms with van der Waals surface area (Å²) in [7, 11) is 0. The van der Waals surface area contributed by atoms with Crippen molar-refractivity contribution in [2.24, 2.45) is 11.8 Å². The molecule has 0 heterocycles. The van der Waals surface area contributed by atoms with Crippen LogP contribution in [0.5, 0.6) is 0 Å². The zero-order valence-electron chi connectivity index (χ0n) is 15.9. The van der Waals surface area contributed by atoms with Crippen LogP contribution in [0.1, 0.15) is 60.0 Å². The van der Waals surface area contributed by atoms with E-state index in [1.807, 2.05) is 6.07 Å². The zero-order chi connectivity index (χ0) is 21.0. The number of aryl methyl sites for hydroxylation is 1. The first kappa shape index (κ1) is 21.8. The van der Waals surface area contributed by atoms with Gasteiger partial charge in [-0.3, -0.25) is 4.79 Å². The molecule has 0 amide bonds. The lowest BCUT2D eigenvalue weighted by molar-refractivity contribution is -0.137. The van der Waals surface area contributed by atoms with Crippen molar-refractivity contribution in [2.45, 2.75) is 51.1 Å². The van der Waals surface area contributed by atoms with Crippen LogP contribution in [0.15, 0.2) is 42.5 Å². The number of Topliss-reactive ketones (excluding diaryl/α,β-unsaturated/α-hetero) is 1. The van der Waals surface area contributed by atoms with Gasteiger partial charge in [-0.2, -0.15) is 13.2 Å². The van der Waals surface area contributed by atoms with E-state index in [9.17, 15) is 22.4 Å². The van der Waals surface area contributed by atoms with Crippen LogP contribution >= 0.6 is 11.6 Å². The Bertz CT molecular complexity index is 854. The van der Waals surface area contributed by atoms with E-state index in [-0.39, 0.29) is 34.5 Å². The Balaban J connectivity index is 1.51. The molecule has 3 rings (SSSR count). The van der Waals surface area contributed by atoms with Crippen LogP contribution in [0.4, 0.5) is 17.6 Å². The maximum atomic E-state index is 13.3. The average molecular weight is 427 g/mol. The topological polar surface area (TPSA) is 17.1 Å². The van der Waals surface area contributed by atoms with Gasteiger partial charge in [-0.25, -0.2) is 4.39 Å². The molecule has 1 nitrogen and oxygen atoms in total. The number of alkyl halides is 3. The van der Waals surface area contributed by atoms with Gasteiger partial charge >= 0.3 is 6.18 Å². The van der Waals surface area contributed by atoms with Crippen LogP contribution in [-0.2, 0) is 12.6 Å². The molecule has 0 aliphatic heterocycles. The molecule has 156 valence electrons. The van der Waals surface area contributed by atoms with E-state index in [0.29, 0.717) is 5.92 Å². The van der Waals surface area contributed by atoms with Gasteiger partial charge in [-0.05, 0) is 73.4 Å². The van der Waals surface area contributed by atoms with Crippen molar-refractivity contribution < 1.29 is 22.4 Å². The monoisotopic (exact) mass is 426 g/mol. The molecule has 0 saturated heterocycles. The Kier molecular flexibility index (Phi) is 6.99. The number of ketones is 1. The van der Waals surface area contributed by atoms with E-state index in [0.717, 1.165) is 62.3 Å². The van der Waals surface area contributed by atoms with E-state index < -0.39 is 11.7 Å². The molecule has 29 heavy (non-hydrogen) atoms. The summed E-state index contributed by atoms with van der Waals surface area (Å²) < 4.78 is 52.0. The third-order valence-corrected chi connectivity index (χ3v) is 6.09. The summed E-state index contributed by atoms with van der Waals surface area (Å²) >= 11 is 5.98.